The number of nitrogens with zero attached hydrogens (tertiary/aromatic N) is 3. The Morgan fingerprint density at radius 2 is 1.96 bits per heavy atom. The van der Waals surface area contributed by atoms with Gasteiger partial charge in [-0.25, -0.2) is 32.5 Å². The Hall–Kier alpha value is -1.23. The van der Waals surface area contributed by atoms with E-state index < -0.39 is 63.4 Å². The number of aliphatic imine (C=N–C) groups is 1. The lowest BCUT2D eigenvalue weighted by Crippen LogP contribution is -2.68. The molecule has 10 aliphatic rings. The number of halogens is 2. The fraction of sp³-hybridized carbons (Fsp3) is 0.667. The third-order valence-electron chi connectivity index (χ3n) is 4.66. The number of ether oxygens (including phenoxy) is 2. The van der Waals surface area contributed by atoms with Gasteiger partial charge in [-0.2, -0.15) is 9.38 Å². The lowest BCUT2D eigenvalue weighted by molar-refractivity contribution is -0.377. The number of phosphoric ester groups is 1. The zero-order valence-electron chi connectivity index (χ0n) is 12.9. The maximum Gasteiger partial charge on any atom is 0.525 e. The van der Waals surface area contributed by atoms with Crippen molar-refractivity contribution in [2.75, 3.05) is 6.61 Å². The molecule has 0 amide bonds. The van der Waals surface area contributed by atoms with Crippen LogP contribution in [0.25, 0.3) is 0 Å². The van der Waals surface area contributed by atoms with Crippen LogP contribution in [0.3, 0.4) is 0 Å². The van der Waals surface area contributed by atoms with Crippen molar-refractivity contribution >= 4 is 21.5 Å². The molecule has 0 aromatic rings. The SMILES string of the molecule is F.O=P12OO[C@H]3[C@H]4COC5=C(F)N6C(O4)[C@]3(O)OP3(=O)ON(O3)C5=NC6(O1)O2. The fourth-order valence-corrected chi connectivity index (χ4v) is 5.87. The molecular weight excluding hydrogens is 442 g/mol. The number of amidine groups is 1. The van der Waals surface area contributed by atoms with Crippen LogP contribution in [0, 0.1) is 0 Å². The summed E-state index contributed by atoms with van der Waals surface area (Å²) in [6.45, 7) is -0.372. The van der Waals surface area contributed by atoms with E-state index >= 15 is 4.39 Å². The van der Waals surface area contributed by atoms with Crippen molar-refractivity contribution in [2.45, 2.75) is 30.3 Å². The highest BCUT2D eigenvalue weighted by Gasteiger charge is 2.78. The molecule has 10 aliphatic heterocycles. The summed E-state index contributed by atoms with van der Waals surface area (Å²) in [5, 5.41) is 11.6. The highest BCUT2D eigenvalue weighted by atomic mass is 31.2. The molecule has 1 N–H and O–H groups in total. The van der Waals surface area contributed by atoms with Gasteiger partial charge in [-0.3, -0.25) is 4.70 Å². The molecule has 15 nitrogen and oxygen atoms in total. The minimum absolute atomic E-state index is 0. The van der Waals surface area contributed by atoms with E-state index in [1.807, 2.05) is 0 Å². The number of hydroxylamine groups is 2. The molecule has 10 rings (SSSR count). The van der Waals surface area contributed by atoms with Gasteiger partial charge in [0.05, 0.1) is 0 Å². The average Bonchev–Trinajstić information content (AvgIpc) is 2.80. The first-order valence-corrected chi connectivity index (χ1v) is 10.3. The van der Waals surface area contributed by atoms with Gasteiger partial charge >= 0.3 is 21.7 Å². The van der Waals surface area contributed by atoms with E-state index in [4.69, 9.17) is 37.2 Å². The van der Waals surface area contributed by atoms with Crippen LogP contribution in [0.15, 0.2) is 16.7 Å². The topological polar surface area (TPSA) is 156 Å². The lowest BCUT2D eigenvalue weighted by atomic mass is 10.1. The second-order valence-electron chi connectivity index (χ2n) is 6.24. The maximum atomic E-state index is 15.3. The molecule has 0 saturated carbocycles. The van der Waals surface area contributed by atoms with Gasteiger partial charge in [-0.15, -0.1) is 13.9 Å². The molecule has 0 aromatic heterocycles. The molecule has 28 heavy (non-hydrogen) atoms. The highest BCUT2D eigenvalue weighted by Crippen LogP contribution is 2.73. The summed E-state index contributed by atoms with van der Waals surface area (Å²) in [5.41, 5.74) is 0. The van der Waals surface area contributed by atoms with Gasteiger partial charge < -0.3 is 14.6 Å². The summed E-state index contributed by atoms with van der Waals surface area (Å²) < 4.78 is 81.0. The number of hydrogen-bond donors (Lipinski definition) is 1. The summed E-state index contributed by atoms with van der Waals surface area (Å²) in [6.07, 6.45) is -4.58. The number of aliphatic hydroxyl groups is 1. The van der Waals surface area contributed by atoms with E-state index in [9.17, 15) is 14.2 Å². The van der Waals surface area contributed by atoms with Crippen molar-refractivity contribution in [3.05, 3.63) is 11.7 Å². The van der Waals surface area contributed by atoms with E-state index in [-0.39, 0.29) is 11.3 Å². The van der Waals surface area contributed by atoms with Gasteiger partial charge in [0.1, 0.15) is 12.7 Å². The Kier molecular flexibility index (Phi) is 2.98. The van der Waals surface area contributed by atoms with Crippen LogP contribution in [-0.4, -0.2) is 57.9 Å². The largest absolute Gasteiger partial charge is 0.525 e. The minimum Gasteiger partial charge on any atom is -0.483 e. The van der Waals surface area contributed by atoms with E-state index in [0.717, 1.165) is 0 Å². The molecule has 154 valence electrons. The first-order chi connectivity index (χ1) is 12.7. The predicted octanol–water partition coefficient (Wildman–Crippen LogP) is -0.151. The van der Waals surface area contributed by atoms with Crippen LogP contribution in [0.5, 0.6) is 0 Å². The second kappa shape index (κ2) is 4.74. The zero-order valence-corrected chi connectivity index (χ0v) is 14.7. The quantitative estimate of drug-likeness (QED) is 0.296. The van der Waals surface area contributed by atoms with Crippen LogP contribution in [0.1, 0.15) is 0 Å². The Bertz CT molecular complexity index is 956. The molecule has 0 radical (unpaired) electrons. The number of fused-ring (bicyclic) bond motifs is 2. The van der Waals surface area contributed by atoms with Crippen LogP contribution in [0.2, 0.25) is 0 Å². The van der Waals surface area contributed by atoms with Gasteiger partial charge in [0, 0.05) is 0 Å². The van der Waals surface area contributed by atoms with Crippen molar-refractivity contribution in [2.24, 2.45) is 4.99 Å². The number of hydrogen-bond acceptors (Lipinski definition) is 15. The third kappa shape index (κ3) is 1.78. The second-order valence-corrected chi connectivity index (χ2v) is 9.06. The van der Waals surface area contributed by atoms with Gasteiger partial charge in [-0.1, -0.05) is 5.23 Å². The molecule has 11 bridgehead atoms. The molecule has 19 heteroatoms. The Morgan fingerprint density at radius 1 is 1.21 bits per heavy atom. The molecule has 10 heterocycles. The first kappa shape index (κ1) is 17.6. The zero-order chi connectivity index (χ0) is 18.4. The highest BCUT2D eigenvalue weighted by molar-refractivity contribution is 7.49. The van der Waals surface area contributed by atoms with Gasteiger partial charge in [0.25, 0.3) is 5.79 Å². The molecule has 5 saturated heterocycles. The summed E-state index contributed by atoms with van der Waals surface area (Å²) in [5.74, 6) is -4.90. The summed E-state index contributed by atoms with van der Waals surface area (Å²) in [4.78, 5) is 9.47. The van der Waals surface area contributed by atoms with Crippen LogP contribution < -0.4 is 0 Å². The molecular formula is C9H7F2N3O12P2. The summed E-state index contributed by atoms with van der Waals surface area (Å²) in [6, 6.07) is -2.45. The minimum atomic E-state index is -4.36. The van der Waals surface area contributed by atoms with E-state index in [1.54, 1.807) is 0 Å². The standard InChI is InChI=1S/C9H6FN3O12P2.FH/c10-5-3-6-11-9-12(5)7-8(14,20-27(16)23-13(6)24-27)4(2(18-7)1-17-3)19-25-26(15,21-9)22-9;/h2,4,7,14H,1H2;1H/t2-,4+,7?,8-,9?,26?;/m1./s1. The van der Waals surface area contributed by atoms with Gasteiger partial charge in [-0.05, 0) is 0 Å². The molecule has 0 aliphatic carbocycles. The van der Waals surface area contributed by atoms with Crippen molar-refractivity contribution in [1.82, 2.24) is 10.1 Å². The Balaban J connectivity index is 0.00000156. The molecule has 1 spiro atoms. The van der Waals surface area contributed by atoms with Crippen molar-refractivity contribution in [3.63, 3.8) is 0 Å². The van der Waals surface area contributed by atoms with Crippen molar-refractivity contribution in [1.29, 1.82) is 0 Å². The van der Waals surface area contributed by atoms with Crippen LogP contribution >= 0.6 is 15.6 Å². The Morgan fingerprint density at radius 3 is 2.71 bits per heavy atom. The van der Waals surface area contributed by atoms with Crippen molar-refractivity contribution in [3.8, 4) is 0 Å². The van der Waals surface area contributed by atoms with Crippen molar-refractivity contribution < 1.29 is 65.2 Å². The van der Waals surface area contributed by atoms with Gasteiger partial charge in [0.2, 0.25) is 17.5 Å². The first-order valence-electron chi connectivity index (χ1n) is 7.41. The van der Waals surface area contributed by atoms with E-state index in [1.165, 1.54) is 0 Å². The van der Waals surface area contributed by atoms with E-state index in [0.29, 0.717) is 10.1 Å². The Labute approximate surface area is 151 Å². The average molecular weight is 449 g/mol. The normalized spacial score (nSPS) is 54.6. The number of phosphoric acid groups is 2. The van der Waals surface area contributed by atoms with Crippen LogP contribution in [-0.2, 0) is 51.0 Å². The smallest absolute Gasteiger partial charge is 0.483 e. The maximum absolute atomic E-state index is 15.3. The molecule has 4 atom stereocenters. The third-order valence-corrected chi connectivity index (χ3v) is 7.07. The molecule has 5 fully saturated rings. The number of rotatable bonds is 0. The summed E-state index contributed by atoms with van der Waals surface area (Å²) >= 11 is 0. The molecule has 1 unspecified atom stereocenters. The monoisotopic (exact) mass is 449 g/mol. The van der Waals surface area contributed by atoms with E-state index in [2.05, 4.69) is 9.67 Å². The van der Waals surface area contributed by atoms with Gasteiger partial charge in [0.15, 0.2) is 12.3 Å². The predicted molar refractivity (Wildman–Crippen MR) is 70.6 cm³/mol. The summed E-state index contributed by atoms with van der Waals surface area (Å²) in [7, 11) is -8.67. The van der Waals surface area contributed by atoms with Crippen LogP contribution in [0.4, 0.5) is 9.09 Å². The molecule has 0 aromatic carbocycles. The fourth-order valence-electron chi connectivity index (χ4n) is 3.60. The lowest BCUT2D eigenvalue weighted by Gasteiger charge is -2.53.